The summed E-state index contributed by atoms with van der Waals surface area (Å²) in [5.74, 6) is -0.244. The maximum atomic E-state index is 13.2. The quantitative estimate of drug-likeness (QED) is 0.565. The van der Waals surface area contributed by atoms with Crippen LogP contribution in [0.25, 0.3) is 11.4 Å². The number of carbonyl (C=O) groups excluding carboxylic acids is 2. The third-order valence-corrected chi connectivity index (χ3v) is 5.56. The van der Waals surface area contributed by atoms with Gasteiger partial charge in [-0.15, -0.1) is 16.8 Å². The Labute approximate surface area is 166 Å². The Morgan fingerprint density at radius 2 is 2.04 bits per heavy atom. The molecule has 0 spiro atoms. The Morgan fingerprint density at radius 3 is 2.71 bits per heavy atom. The van der Waals surface area contributed by atoms with Gasteiger partial charge < -0.3 is 10.6 Å². The van der Waals surface area contributed by atoms with Gasteiger partial charge in [0.2, 0.25) is 11.8 Å². The van der Waals surface area contributed by atoms with Crippen LogP contribution in [0.1, 0.15) is 19.3 Å². The molecule has 0 radical (unpaired) electrons. The average Bonchev–Trinajstić information content (AvgIpc) is 3.09. The van der Waals surface area contributed by atoms with Gasteiger partial charge >= 0.3 is 0 Å². The van der Waals surface area contributed by atoms with Crippen molar-refractivity contribution in [1.29, 1.82) is 0 Å². The number of hydrogen-bond acceptors (Lipinski definition) is 5. The van der Waals surface area contributed by atoms with Crippen molar-refractivity contribution in [3.8, 4) is 11.4 Å². The fourth-order valence-electron chi connectivity index (χ4n) is 3.24. The summed E-state index contributed by atoms with van der Waals surface area (Å²) in [5.41, 5.74) is 6.16. The lowest BCUT2D eigenvalue weighted by atomic mass is 10.0. The summed E-state index contributed by atoms with van der Waals surface area (Å²) in [5, 5.41) is 8.92. The van der Waals surface area contributed by atoms with Crippen LogP contribution in [-0.4, -0.2) is 49.8 Å². The molecule has 3 rings (SSSR count). The van der Waals surface area contributed by atoms with Crippen LogP contribution in [0.15, 0.2) is 42.1 Å². The number of benzene rings is 1. The minimum absolute atomic E-state index is 0.127. The molecule has 0 unspecified atom stereocenters. The first-order valence-corrected chi connectivity index (χ1v) is 10.0. The number of primary amides is 1. The van der Waals surface area contributed by atoms with Crippen molar-refractivity contribution in [2.24, 2.45) is 5.73 Å². The van der Waals surface area contributed by atoms with E-state index < -0.39 is 11.9 Å². The highest BCUT2D eigenvalue weighted by Gasteiger charge is 2.30. The molecule has 7 nitrogen and oxygen atoms in total. The molecule has 2 heterocycles. The van der Waals surface area contributed by atoms with Crippen LogP contribution in [0.5, 0.6) is 0 Å². The molecule has 2 amide bonds. The molecule has 2 N–H and O–H groups in total. The molecule has 1 aromatic heterocycles. The summed E-state index contributed by atoms with van der Waals surface area (Å²) in [6, 6.07) is 5.44. The first kappa shape index (κ1) is 20.1. The second-order valence-electron chi connectivity index (χ2n) is 6.50. The molecule has 28 heavy (non-hydrogen) atoms. The molecule has 1 saturated heterocycles. The minimum Gasteiger partial charge on any atom is -0.368 e. The van der Waals surface area contributed by atoms with Gasteiger partial charge in [-0.2, -0.15) is 0 Å². The van der Waals surface area contributed by atoms with Crippen LogP contribution in [0.4, 0.5) is 4.39 Å². The van der Waals surface area contributed by atoms with Crippen molar-refractivity contribution in [3.05, 3.63) is 42.7 Å². The monoisotopic (exact) mass is 403 g/mol. The topological polar surface area (TPSA) is 94.1 Å². The van der Waals surface area contributed by atoms with Gasteiger partial charge in [-0.3, -0.25) is 14.2 Å². The van der Waals surface area contributed by atoms with Crippen molar-refractivity contribution < 1.29 is 14.0 Å². The SMILES string of the molecule is C=CCn1c(SCC(=O)N2CCCC[C@@H]2C(N)=O)nnc1-c1ccc(F)cc1. The maximum absolute atomic E-state index is 13.2. The summed E-state index contributed by atoms with van der Waals surface area (Å²) in [6.07, 6.45) is 4.06. The number of aromatic nitrogens is 3. The van der Waals surface area contributed by atoms with Crippen molar-refractivity contribution in [1.82, 2.24) is 19.7 Å². The van der Waals surface area contributed by atoms with Crippen molar-refractivity contribution in [3.63, 3.8) is 0 Å². The smallest absolute Gasteiger partial charge is 0.240 e. The number of halogens is 1. The molecular weight excluding hydrogens is 381 g/mol. The number of likely N-dealkylation sites (tertiary alicyclic amines) is 1. The highest BCUT2D eigenvalue weighted by atomic mass is 32.2. The van der Waals surface area contributed by atoms with E-state index in [1.807, 2.05) is 4.57 Å². The fraction of sp³-hybridized carbons (Fsp3) is 0.368. The third-order valence-electron chi connectivity index (χ3n) is 4.61. The number of amides is 2. The lowest BCUT2D eigenvalue weighted by molar-refractivity contribution is -0.138. The number of nitrogens with two attached hydrogens (primary N) is 1. The van der Waals surface area contributed by atoms with Gasteiger partial charge in [0.25, 0.3) is 0 Å². The molecule has 1 atom stereocenters. The van der Waals surface area contributed by atoms with Crippen LogP contribution < -0.4 is 5.73 Å². The summed E-state index contributed by atoms with van der Waals surface area (Å²) in [6.45, 7) is 4.73. The highest BCUT2D eigenvalue weighted by molar-refractivity contribution is 7.99. The third kappa shape index (κ3) is 4.41. The van der Waals surface area contributed by atoms with Crippen LogP contribution >= 0.6 is 11.8 Å². The second kappa shape index (κ2) is 9.01. The molecule has 148 valence electrons. The van der Waals surface area contributed by atoms with Gasteiger partial charge in [-0.05, 0) is 43.5 Å². The molecule has 2 aromatic rings. The maximum Gasteiger partial charge on any atom is 0.240 e. The lowest BCUT2D eigenvalue weighted by Gasteiger charge is -2.33. The largest absolute Gasteiger partial charge is 0.368 e. The van der Waals surface area contributed by atoms with E-state index in [1.165, 1.54) is 23.9 Å². The zero-order valence-corrected chi connectivity index (χ0v) is 16.2. The van der Waals surface area contributed by atoms with Crippen molar-refractivity contribution >= 4 is 23.6 Å². The molecule has 1 aliphatic rings. The van der Waals surface area contributed by atoms with Crippen LogP contribution in [0.3, 0.4) is 0 Å². The Morgan fingerprint density at radius 1 is 1.29 bits per heavy atom. The number of rotatable bonds is 7. The number of carbonyl (C=O) groups is 2. The average molecular weight is 403 g/mol. The molecule has 0 bridgehead atoms. The van der Waals surface area contributed by atoms with E-state index in [-0.39, 0.29) is 17.5 Å². The summed E-state index contributed by atoms with van der Waals surface area (Å²) >= 11 is 1.25. The summed E-state index contributed by atoms with van der Waals surface area (Å²) in [4.78, 5) is 25.8. The predicted molar refractivity (Wildman–Crippen MR) is 105 cm³/mol. The van der Waals surface area contributed by atoms with Gasteiger partial charge in [0, 0.05) is 18.7 Å². The van der Waals surface area contributed by atoms with Crippen LogP contribution in [0, 0.1) is 5.82 Å². The number of allylic oxidation sites excluding steroid dienone is 1. The Bertz CT molecular complexity index is 868. The zero-order chi connectivity index (χ0) is 20.1. The van der Waals surface area contributed by atoms with Crippen molar-refractivity contribution in [2.45, 2.75) is 37.0 Å². The van der Waals surface area contributed by atoms with Gasteiger partial charge in [-0.1, -0.05) is 17.8 Å². The van der Waals surface area contributed by atoms with E-state index in [9.17, 15) is 14.0 Å². The number of thioether (sulfide) groups is 1. The molecule has 0 saturated carbocycles. The van der Waals surface area contributed by atoms with Crippen LogP contribution in [0.2, 0.25) is 0 Å². The van der Waals surface area contributed by atoms with Gasteiger partial charge in [0.05, 0.1) is 5.75 Å². The standard InChI is InChI=1S/C19H22FN5O2S/c1-2-10-25-18(13-6-8-14(20)9-7-13)22-23-19(25)28-12-16(26)24-11-4-3-5-15(24)17(21)27/h2,6-9,15H,1,3-5,10-12H2,(H2,21,27)/t15-/m1/s1. The van der Waals surface area contributed by atoms with Gasteiger partial charge in [0.1, 0.15) is 11.9 Å². The molecule has 1 fully saturated rings. The van der Waals surface area contributed by atoms with E-state index in [4.69, 9.17) is 5.73 Å². The van der Waals surface area contributed by atoms with E-state index in [0.717, 1.165) is 18.4 Å². The van der Waals surface area contributed by atoms with E-state index >= 15 is 0 Å². The first-order chi connectivity index (χ1) is 13.5. The molecule has 0 aliphatic carbocycles. The lowest BCUT2D eigenvalue weighted by Crippen LogP contribution is -2.51. The van der Waals surface area contributed by atoms with E-state index in [2.05, 4.69) is 16.8 Å². The van der Waals surface area contributed by atoms with Gasteiger partial charge in [-0.25, -0.2) is 4.39 Å². The fourth-order valence-corrected chi connectivity index (χ4v) is 4.07. The van der Waals surface area contributed by atoms with Crippen molar-refractivity contribution in [2.75, 3.05) is 12.3 Å². The number of hydrogen-bond donors (Lipinski definition) is 1. The molecule has 9 heteroatoms. The number of piperidine rings is 1. The number of nitrogens with zero attached hydrogens (tertiary/aromatic N) is 4. The predicted octanol–water partition coefficient (Wildman–Crippen LogP) is 2.23. The molecular formula is C19H22FN5O2S. The normalized spacial score (nSPS) is 16.8. The second-order valence-corrected chi connectivity index (χ2v) is 7.44. The van der Waals surface area contributed by atoms with Gasteiger partial charge in [0.15, 0.2) is 11.0 Å². The van der Waals surface area contributed by atoms with E-state index in [0.29, 0.717) is 30.5 Å². The summed E-state index contributed by atoms with van der Waals surface area (Å²) < 4.78 is 15.0. The van der Waals surface area contributed by atoms with Crippen LogP contribution in [-0.2, 0) is 16.1 Å². The minimum atomic E-state index is -0.539. The Hall–Kier alpha value is -2.68. The summed E-state index contributed by atoms with van der Waals surface area (Å²) in [7, 11) is 0. The highest BCUT2D eigenvalue weighted by Crippen LogP contribution is 2.25. The molecule has 1 aliphatic heterocycles. The zero-order valence-electron chi connectivity index (χ0n) is 15.4. The Balaban J connectivity index is 1.75. The molecule has 1 aromatic carbocycles. The Kier molecular flexibility index (Phi) is 6.45. The first-order valence-electron chi connectivity index (χ1n) is 9.03. The van der Waals surface area contributed by atoms with E-state index in [1.54, 1.807) is 23.1 Å².